The Morgan fingerprint density at radius 3 is 2.33 bits per heavy atom. The smallest absolute Gasteiger partial charge is 0.0207 e. The van der Waals surface area contributed by atoms with Crippen molar-refractivity contribution in [1.29, 1.82) is 0 Å². The molecule has 0 aromatic rings. The summed E-state index contributed by atoms with van der Waals surface area (Å²) in [4.78, 5) is 5.25. The van der Waals surface area contributed by atoms with E-state index in [1.165, 1.54) is 38.9 Å². The van der Waals surface area contributed by atoms with Gasteiger partial charge in [0.15, 0.2) is 0 Å². The third-order valence-corrected chi connectivity index (χ3v) is 4.41. The zero-order valence-electron chi connectivity index (χ0n) is 12.7. The molecule has 1 atom stereocenters. The molecule has 0 bridgehead atoms. The molecule has 0 amide bonds. The van der Waals surface area contributed by atoms with Gasteiger partial charge >= 0.3 is 0 Å². The lowest BCUT2D eigenvalue weighted by Gasteiger charge is -2.31. The molecule has 3 nitrogen and oxygen atoms in total. The van der Waals surface area contributed by atoms with Crippen LogP contribution in [-0.2, 0) is 0 Å². The van der Waals surface area contributed by atoms with Crippen LogP contribution in [0.5, 0.6) is 0 Å². The molecule has 2 aliphatic rings. The molecule has 0 spiro atoms. The van der Waals surface area contributed by atoms with Crippen LogP contribution in [0, 0.1) is 0 Å². The number of likely N-dealkylation sites (tertiary alicyclic amines) is 1. The van der Waals surface area contributed by atoms with Crippen LogP contribution in [0.4, 0.5) is 0 Å². The summed E-state index contributed by atoms with van der Waals surface area (Å²) < 4.78 is 0. The summed E-state index contributed by atoms with van der Waals surface area (Å²) >= 11 is 0. The molecule has 1 saturated carbocycles. The molecular formula is C15H31N3. The zero-order chi connectivity index (χ0) is 13.1. The topological polar surface area (TPSA) is 18.5 Å². The van der Waals surface area contributed by atoms with E-state index in [4.69, 9.17) is 0 Å². The highest BCUT2D eigenvalue weighted by Crippen LogP contribution is 2.29. The lowest BCUT2D eigenvalue weighted by atomic mass is 10.2. The molecule has 2 fully saturated rings. The van der Waals surface area contributed by atoms with Crippen molar-refractivity contribution in [3.05, 3.63) is 0 Å². The second-order valence-electron chi connectivity index (χ2n) is 6.59. The second-order valence-corrected chi connectivity index (χ2v) is 6.59. The van der Waals surface area contributed by atoms with Gasteiger partial charge in [0.25, 0.3) is 0 Å². The third kappa shape index (κ3) is 3.94. The van der Waals surface area contributed by atoms with Crippen molar-refractivity contribution in [3.8, 4) is 0 Å². The van der Waals surface area contributed by atoms with Crippen LogP contribution in [-0.4, -0.2) is 60.1 Å². The maximum atomic E-state index is 3.75. The molecular weight excluding hydrogens is 222 g/mol. The van der Waals surface area contributed by atoms with Gasteiger partial charge in [0, 0.05) is 50.3 Å². The fourth-order valence-corrected chi connectivity index (χ4v) is 3.24. The van der Waals surface area contributed by atoms with E-state index < -0.39 is 0 Å². The van der Waals surface area contributed by atoms with Gasteiger partial charge in [-0.25, -0.2) is 0 Å². The van der Waals surface area contributed by atoms with Crippen LogP contribution < -0.4 is 5.32 Å². The summed E-state index contributed by atoms with van der Waals surface area (Å²) in [5, 5.41) is 3.75. The number of nitrogens with zero attached hydrogens (tertiary/aromatic N) is 2. The van der Waals surface area contributed by atoms with Crippen molar-refractivity contribution in [1.82, 2.24) is 15.1 Å². The first-order chi connectivity index (χ1) is 8.58. The Morgan fingerprint density at radius 2 is 1.78 bits per heavy atom. The molecule has 1 heterocycles. The average molecular weight is 253 g/mol. The first-order valence-corrected chi connectivity index (χ1v) is 7.81. The first-order valence-electron chi connectivity index (χ1n) is 7.81. The van der Waals surface area contributed by atoms with Crippen molar-refractivity contribution >= 4 is 0 Å². The van der Waals surface area contributed by atoms with E-state index in [1.807, 2.05) is 0 Å². The standard InChI is InChI=1S/C15H31N3/c1-12(2)18(13(3)4)10-8-16-14-7-9-17(11-14)15-5-6-15/h12-16H,5-11H2,1-4H3. The van der Waals surface area contributed by atoms with Crippen molar-refractivity contribution in [3.63, 3.8) is 0 Å². The summed E-state index contributed by atoms with van der Waals surface area (Å²) in [5.74, 6) is 0. The number of nitrogens with one attached hydrogen (secondary N) is 1. The monoisotopic (exact) mass is 253 g/mol. The maximum Gasteiger partial charge on any atom is 0.0207 e. The van der Waals surface area contributed by atoms with Crippen molar-refractivity contribution in [2.75, 3.05) is 26.2 Å². The fourth-order valence-electron chi connectivity index (χ4n) is 3.24. The SMILES string of the molecule is CC(C)N(CCNC1CCN(C2CC2)C1)C(C)C. The van der Waals surface area contributed by atoms with E-state index >= 15 is 0 Å². The summed E-state index contributed by atoms with van der Waals surface area (Å²) in [5.41, 5.74) is 0. The number of rotatable bonds is 7. The molecule has 1 unspecified atom stereocenters. The molecule has 0 radical (unpaired) electrons. The lowest BCUT2D eigenvalue weighted by molar-refractivity contribution is 0.173. The van der Waals surface area contributed by atoms with Crippen LogP contribution in [0.3, 0.4) is 0 Å². The summed E-state index contributed by atoms with van der Waals surface area (Å²) in [7, 11) is 0. The van der Waals surface area contributed by atoms with Gasteiger partial charge in [0.2, 0.25) is 0 Å². The Labute approximate surface area is 113 Å². The number of hydrogen-bond acceptors (Lipinski definition) is 3. The normalized spacial score (nSPS) is 25.8. The first kappa shape index (κ1) is 14.3. The Hall–Kier alpha value is -0.120. The minimum Gasteiger partial charge on any atom is -0.311 e. The summed E-state index contributed by atoms with van der Waals surface area (Å²) in [6.07, 6.45) is 4.24. The van der Waals surface area contributed by atoms with Crippen molar-refractivity contribution < 1.29 is 0 Å². The quantitative estimate of drug-likeness (QED) is 0.748. The van der Waals surface area contributed by atoms with Crippen molar-refractivity contribution in [2.45, 2.75) is 71.1 Å². The van der Waals surface area contributed by atoms with Crippen LogP contribution in [0.1, 0.15) is 47.0 Å². The van der Waals surface area contributed by atoms with Crippen LogP contribution in [0.25, 0.3) is 0 Å². The van der Waals surface area contributed by atoms with Gasteiger partial charge in [-0.3, -0.25) is 9.80 Å². The van der Waals surface area contributed by atoms with Gasteiger partial charge in [-0.2, -0.15) is 0 Å². The van der Waals surface area contributed by atoms with Gasteiger partial charge < -0.3 is 5.32 Å². The van der Waals surface area contributed by atoms with E-state index in [2.05, 4.69) is 42.8 Å². The maximum absolute atomic E-state index is 3.75. The van der Waals surface area contributed by atoms with Crippen molar-refractivity contribution in [2.24, 2.45) is 0 Å². The molecule has 0 aromatic carbocycles. The molecule has 3 heteroatoms. The van der Waals surface area contributed by atoms with Crippen LogP contribution in [0.15, 0.2) is 0 Å². The van der Waals surface area contributed by atoms with E-state index in [0.717, 1.165) is 18.6 Å². The van der Waals surface area contributed by atoms with Gasteiger partial charge in [-0.15, -0.1) is 0 Å². The summed E-state index contributed by atoms with van der Waals surface area (Å²) in [6, 6.07) is 2.99. The van der Waals surface area contributed by atoms with Crippen LogP contribution >= 0.6 is 0 Å². The minimum absolute atomic E-state index is 0.651. The molecule has 1 aliphatic heterocycles. The highest BCUT2D eigenvalue weighted by atomic mass is 15.2. The molecule has 1 aliphatic carbocycles. The Morgan fingerprint density at radius 1 is 1.11 bits per heavy atom. The van der Waals surface area contributed by atoms with Crippen LogP contribution in [0.2, 0.25) is 0 Å². The largest absolute Gasteiger partial charge is 0.311 e. The summed E-state index contributed by atoms with van der Waals surface area (Å²) in [6.45, 7) is 14.1. The molecule has 0 aromatic heterocycles. The van der Waals surface area contributed by atoms with E-state index in [1.54, 1.807) is 0 Å². The van der Waals surface area contributed by atoms with E-state index in [9.17, 15) is 0 Å². The molecule has 2 rings (SSSR count). The highest BCUT2D eigenvalue weighted by molar-refractivity contribution is 4.91. The minimum atomic E-state index is 0.651. The molecule has 1 N–H and O–H groups in total. The van der Waals surface area contributed by atoms with E-state index in [-0.39, 0.29) is 0 Å². The van der Waals surface area contributed by atoms with E-state index in [0.29, 0.717) is 12.1 Å². The highest BCUT2D eigenvalue weighted by Gasteiger charge is 2.34. The molecule has 106 valence electrons. The fraction of sp³-hybridized carbons (Fsp3) is 1.00. The predicted molar refractivity (Wildman–Crippen MR) is 78.0 cm³/mol. The third-order valence-electron chi connectivity index (χ3n) is 4.41. The Bertz CT molecular complexity index is 240. The lowest BCUT2D eigenvalue weighted by Crippen LogP contribution is -2.44. The zero-order valence-corrected chi connectivity index (χ0v) is 12.7. The van der Waals surface area contributed by atoms with Gasteiger partial charge in [-0.05, 0) is 47.0 Å². The average Bonchev–Trinajstić information content (AvgIpc) is 3.04. The number of hydrogen-bond donors (Lipinski definition) is 1. The Balaban J connectivity index is 1.62. The van der Waals surface area contributed by atoms with Gasteiger partial charge in [0.1, 0.15) is 0 Å². The predicted octanol–water partition coefficient (Wildman–Crippen LogP) is 1.93. The van der Waals surface area contributed by atoms with Gasteiger partial charge in [-0.1, -0.05) is 0 Å². The molecule has 1 saturated heterocycles. The Kier molecular flexibility index (Phi) is 5.05. The second kappa shape index (κ2) is 6.36. The van der Waals surface area contributed by atoms with Gasteiger partial charge in [0.05, 0.1) is 0 Å². The molecule has 18 heavy (non-hydrogen) atoms.